The van der Waals surface area contributed by atoms with Crippen molar-refractivity contribution < 1.29 is 17.7 Å². The molecule has 0 atom stereocenters. The Morgan fingerprint density at radius 2 is 1.88 bits per heavy atom. The van der Waals surface area contributed by atoms with E-state index in [2.05, 4.69) is 15.1 Å². The van der Waals surface area contributed by atoms with Crippen LogP contribution in [0.4, 0.5) is 13.2 Å². The Bertz CT molecular complexity index is 1580. The van der Waals surface area contributed by atoms with Gasteiger partial charge in [-0.05, 0) is 43.2 Å². The van der Waals surface area contributed by atoms with Gasteiger partial charge in [-0.3, -0.25) is 9.36 Å². The molecule has 0 aliphatic rings. The minimum atomic E-state index is -4.45. The summed E-state index contributed by atoms with van der Waals surface area (Å²) in [5.41, 5.74) is 1.76. The van der Waals surface area contributed by atoms with Crippen molar-refractivity contribution in [2.24, 2.45) is 0 Å². The number of aromatic nitrogens is 4. The molecule has 6 nitrogen and oxygen atoms in total. The fourth-order valence-electron chi connectivity index (χ4n) is 3.74. The second-order valence-electron chi connectivity index (χ2n) is 7.90. The highest BCUT2D eigenvalue weighted by Gasteiger charge is 2.30. The van der Waals surface area contributed by atoms with Gasteiger partial charge in [0, 0.05) is 5.56 Å². The van der Waals surface area contributed by atoms with Crippen LogP contribution >= 0.6 is 11.3 Å². The van der Waals surface area contributed by atoms with Crippen molar-refractivity contribution in [2.75, 3.05) is 0 Å². The predicted molar refractivity (Wildman–Crippen MR) is 123 cm³/mol. The van der Waals surface area contributed by atoms with E-state index in [1.54, 1.807) is 13.0 Å². The maximum absolute atomic E-state index is 13.2. The van der Waals surface area contributed by atoms with Gasteiger partial charge in [-0.25, -0.2) is 4.98 Å². The highest BCUT2D eigenvalue weighted by atomic mass is 32.1. The molecule has 0 saturated carbocycles. The van der Waals surface area contributed by atoms with Gasteiger partial charge in [0.25, 0.3) is 11.4 Å². The smallest absolute Gasteiger partial charge is 0.333 e. The van der Waals surface area contributed by atoms with Crippen LogP contribution in [0.1, 0.15) is 22.3 Å². The van der Waals surface area contributed by atoms with E-state index in [0.717, 1.165) is 23.3 Å². The molecule has 10 heteroatoms. The lowest BCUT2D eigenvalue weighted by molar-refractivity contribution is -0.137. The fourth-order valence-corrected chi connectivity index (χ4v) is 4.80. The predicted octanol–water partition coefficient (Wildman–Crippen LogP) is 5.86. The van der Waals surface area contributed by atoms with Gasteiger partial charge in [0.2, 0.25) is 5.82 Å². The minimum Gasteiger partial charge on any atom is -0.333 e. The van der Waals surface area contributed by atoms with Crippen LogP contribution in [-0.4, -0.2) is 19.7 Å². The second-order valence-corrected chi connectivity index (χ2v) is 8.90. The molecule has 0 aliphatic heterocycles. The third-order valence-corrected chi connectivity index (χ3v) is 6.61. The normalized spacial score (nSPS) is 11.9. The number of hydrogen-bond donors (Lipinski definition) is 0. The summed E-state index contributed by atoms with van der Waals surface area (Å²) in [5, 5.41) is 4.44. The molecule has 34 heavy (non-hydrogen) atoms. The lowest BCUT2D eigenvalue weighted by Crippen LogP contribution is -2.21. The van der Waals surface area contributed by atoms with Crippen LogP contribution < -0.4 is 5.56 Å². The van der Waals surface area contributed by atoms with Crippen molar-refractivity contribution in [3.05, 3.63) is 87.5 Å². The summed E-state index contributed by atoms with van der Waals surface area (Å²) in [5.74, 6) is 0.714. The molecule has 2 aromatic carbocycles. The average Bonchev–Trinajstić information content (AvgIpc) is 3.41. The summed E-state index contributed by atoms with van der Waals surface area (Å²) in [6, 6.07) is 12.6. The molecule has 3 aromatic heterocycles. The van der Waals surface area contributed by atoms with Crippen LogP contribution in [0.5, 0.6) is 0 Å². The van der Waals surface area contributed by atoms with Crippen molar-refractivity contribution in [1.29, 1.82) is 0 Å². The van der Waals surface area contributed by atoms with E-state index in [1.807, 2.05) is 31.2 Å². The van der Waals surface area contributed by atoms with Crippen LogP contribution in [0.25, 0.3) is 32.4 Å². The molecule has 5 aromatic rings. The molecule has 0 saturated heterocycles. The number of fused-ring (bicyclic) bond motifs is 1. The molecule has 0 amide bonds. The maximum atomic E-state index is 13.2. The van der Waals surface area contributed by atoms with Crippen molar-refractivity contribution in [3.8, 4) is 22.2 Å². The molecule has 3 heterocycles. The van der Waals surface area contributed by atoms with Crippen LogP contribution in [-0.2, 0) is 12.7 Å². The first-order valence-corrected chi connectivity index (χ1v) is 11.1. The molecule has 172 valence electrons. The lowest BCUT2D eigenvalue weighted by Gasteiger charge is -2.10. The highest BCUT2D eigenvalue weighted by Crippen LogP contribution is 2.35. The van der Waals surface area contributed by atoms with E-state index in [0.29, 0.717) is 32.0 Å². The van der Waals surface area contributed by atoms with Gasteiger partial charge in [0.15, 0.2) is 0 Å². The molecular weight excluding hydrogens is 465 g/mol. The van der Waals surface area contributed by atoms with Gasteiger partial charge in [-0.15, -0.1) is 11.3 Å². The Hall–Kier alpha value is -3.79. The standard InChI is InChI=1S/C24H17F3N4O2S/c1-13-5-3-7-16(9-13)20-29-21(33-30-20)19-14(2)18-22(34-19)28-12-31(23(18)32)11-15-6-4-8-17(10-15)24(25,26)27/h3-10,12H,11H2,1-2H3. The minimum absolute atomic E-state index is 0.0334. The molecule has 0 N–H and O–H groups in total. The van der Waals surface area contributed by atoms with E-state index in [9.17, 15) is 18.0 Å². The monoisotopic (exact) mass is 482 g/mol. The third-order valence-electron chi connectivity index (χ3n) is 5.42. The van der Waals surface area contributed by atoms with Gasteiger partial charge in [0.1, 0.15) is 4.83 Å². The number of alkyl halides is 3. The van der Waals surface area contributed by atoms with E-state index in [1.165, 1.54) is 28.3 Å². The lowest BCUT2D eigenvalue weighted by atomic mass is 10.1. The number of nitrogens with zero attached hydrogens (tertiary/aromatic N) is 4. The van der Waals surface area contributed by atoms with Crippen molar-refractivity contribution in [2.45, 2.75) is 26.6 Å². The number of rotatable bonds is 4. The molecule has 0 radical (unpaired) electrons. The SMILES string of the molecule is Cc1cccc(-c2noc(-c3sc4ncn(Cc5cccc(C(F)(F)F)c5)c(=O)c4c3C)n2)c1. The molecular formula is C24H17F3N4O2S. The van der Waals surface area contributed by atoms with Gasteiger partial charge < -0.3 is 4.52 Å². The van der Waals surface area contributed by atoms with E-state index >= 15 is 0 Å². The van der Waals surface area contributed by atoms with E-state index < -0.39 is 11.7 Å². The summed E-state index contributed by atoms with van der Waals surface area (Å²) < 4.78 is 45.9. The highest BCUT2D eigenvalue weighted by molar-refractivity contribution is 7.22. The summed E-state index contributed by atoms with van der Waals surface area (Å²) in [6.07, 6.45) is -3.11. The molecule has 0 unspecified atom stereocenters. The van der Waals surface area contributed by atoms with Gasteiger partial charge in [0.05, 0.1) is 28.7 Å². The number of benzene rings is 2. The van der Waals surface area contributed by atoms with Crippen LogP contribution in [0.2, 0.25) is 0 Å². The average molecular weight is 482 g/mol. The third kappa shape index (κ3) is 4.01. The molecule has 0 bridgehead atoms. The zero-order valence-corrected chi connectivity index (χ0v) is 18.9. The quantitative estimate of drug-likeness (QED) is 0.321. The van der Waals surface area contributed by atoms with Gasteiger partial charge in [-0.2, -0.15) is 18.2 Å². The van der Waals surface area contributed by atoms with Gasteiger partial charge in [-0.1, -0.05) is 41.1 Å². The largest absolute Gasteiger partial charge is 0.416 e. The van der Waals surface area contributed by atoms with Crippen LogP contribution in [0.15, 0.2) is 64.2 Å². The number of hydrogen-bond acceptors (Lipinski definition) is 6. The molecule has 0 aliphatic carbocycles. The Kier molecular flexibility index (Phi) is 5.32. The van der Waals surface area contributed by atoms with Crippen LogP contribution in [0, 0.1) is 13.8 Å². The Balaban J connectivity index is 1.52. The fraction of sp³-hybridized carbons (Fsp3) is 0.167. The second kappa shape index (κ2) is 8.21. The number of halogens is 3. The zero-order chi connectivity index (χ0) is 24.0. The summed E-state index contributed by atoms with van der Waals surface area (Å²) >= 11 is 1.25. The summed E-state index contributed by atoms with van der Waals surface area (Å²) in [6.45, 7) is 3.70. The first-order chi connectivity index (χ1) is 16.2. The summed E-state index contributed by atoms with van der Waals surface area (Å²) in [7, 11) is 0. The van der Waals surface area contributed by atoms with E-state index in [-0.39, 0.29) is 18.0 Å². The topological polar surface area (TPSA) is 73.8 Å². The number of aryl methyl sites for hydroxylation is 2. The van der Waals surface area contributed by atoms with Crippen molar-refractivity contribution in [3.63, 3.8) is 0 Å². The molecule has 0 fully saturated rings. The first-order valence-electron chi connectivity index (χ1n) is 10.3. The first kappa shape index (κ1) is 22.0. The Morgan fingerprint density at radius 1 is 1.09 bits per heavy atom. The zero-order valence-electron chi connectivity index (χ0n) is 18.1. The van der Waals surface area contributed by atoms with Crippen LogP contribution in [0.3, 0.4) is 0 Å². The number of thiophene rings is 1. The van der Waals surface area contributed by atoms with Gasteiger partial charge >= 0.3 is 6.18 Å². The maximum Gasteiger partial charge on any atom is 0.416 e. The summed E-state index contributed by atoms with van der Waals surface area (Å²) in [4.78, 5) is 23.2. The van der Waals surface area contributed by atoms with Crippen molar-refractivity contribution >= 4 is 21.6 Å². The molecule has 0 spiro atoms. The Morgan fingerprint density at radius 3 is 2.65 bits per heavy atom. The Labute approximate surface area is 195 Å². The van der Waals surface area contributed by atoms with E-state index in [4.69, 9.17) is 4.52 Å². The molecule has 5 rings (SSSR count). The van der Waals surface area contributed by atoms with Crippen molar-refractivity contribution in [1.82, 2.24) is 19.7 Å².